The van der Waals surface area contributed by atoms with Gasteiger partial charge in [0.1, 0.15) is 5.01 Å². The Hall–Kier alpha value is -1.43. The molecule has 1 heterocycles. The molecule has 0 aliphatic rings. The third-order valence-corrected chi connectivity index (χ3v) is 3.80. The Kier molecular flexibility index (Phi) is 6.53. The highest BCUT2D eigenvalue weighted by Crippen LogP contribution is 2.22. The molecule has 124 valence electrons. The molecule has 0 radical (unpaired) electrons. The average molecular weight is 326 g/mol. The normalized spacial score (nSPS) is 11.6. The Morgan fingerprint density at radius 3 is 2.50 bits per heavy atom. The maximum absolute atomic E-state index is 12.5. The molecule has 1 aromatic rings. The minimum atomic E-state index is -0.415. The van der Waals surface area contributed by atoms with Crippen molar-refractivity contribution in [1.29, 1.82) is 0 Å². The molecule has 22 heavy (non-hydrogen) atoms. The van der Waals surface area contributed by atoms with Crippen LogP contribution in [0.1, 0.15) is 63.5 Å². The number of rotatable bonds is 6. The second-order valence-electron chi connectivity index (χ2n) is 6.70. The lowest BCUT2D eigenvalue weighted by Gasteiger charge is -2.29. The number of carbonyl (C=O) groups excluding carboxylic acids is 2. The van der Waals surface area contributed by atoms with Gasteiger partial charge in [-0.1, -0.05) is 20.8 Å². The van der Waals surface area contributed by atoms with Gasteiger partial charge in [-0.25, -0.2) is 9.78 Å². The van der Waals surface area contributed by atoms with E-state index in [1.807, 2.05) is 34.6 Å². The SMILES string of the molecule is CCOC(=O)c1csc(CN(C(=O)CC(C)(C)C)C(C)C)n1. The van der Waals surface area contributed by atoms with Crippen molar-refractivity contribution >= 4 is 23.2 Å². The second kappa shape index (κ2) is 7.72. The van der Waals surface area contributed by atoms with Gasteiger partial charge in [0.05, 0.1) is 13.2 Å². The quantitative estimate of drug-likeness (QED) is 0.751. The second-order valence-corrected chi connectivity index (χ2v) is 7.64. The van der Waals surface area contributed by atoms with Gasteiger partial charge in [0.15, 0.2) is 5.69 Å². The van der Waals surface area contributed by atoms with Crippen molar-refractivity contribution in [3.63, 3.8) is 0 Å². The summed E-state index contributed by atoms with van der Waals surface area (Å²) >= 11 is 1.38. The van der Waals surface area contributed by atoms with Crippen LogP contribution in [0.2, 0.25) is 0 Å². The van der Waals surface area contributed by atoms with E-state index in [0.29, 0.717) is 25.3 Å². The Bertz CT molecular complexity index is 518. The molecular weight excluding hydrogens is 300 g/mol. The lowest BCUT2D eigenvalue weighted by atomic mass is 9.91. The first-order valence-electron chi connectivity index (χ1n) is 7.55. The molecule has 1 aromatic heterocycles. The Morgan fingerprint density at radius 2 is 2.00 bits per heavy atom. The number of hydrogen-bond acceptors (Lipinski definition) is 5. The zero-order chi connectivity index (χ0) is 16.9. The zero-order valence-electron chi connectivity index (χ0n) is 14.3. The summed E-state index contributed by atoms with van der Waals surface area (Å²) in [6, 6.07) is 0.0878. The summed E-state index contributed by atoms with van der Waals surface area (Å²) in [5, 5.41) is 2.43. The van der Waals surface area contributed by atoms with E-state index in [1.165, 1.54) is 11.3 Å². The van der Waals surface area contributed by atoms with Crippen molar-refractivity contribution in [2.45, 2.75) is 60.5 Å². The van der Waals surface area contributed by atoms with Crippen molar-refractivity contribution in [2.24, 2.45) is 5.41 Å². The standard InChI is InChI=1S/C16H26N2O3S/c1-7-21-15(20)12-10-22-13(17-12)9-18(11(2)3)14(19)8-16(4,5)6/h10-11H,7-9H2,1-6H3. The summed E-state index contributed by atoms with van der Waals surface area (Å²) < 4.78 is 4.93. The van der Waals surface area contributed by atoms with E-state index in [4.69, 9.17) is 4.74 Å². The van der Waals surface area contributed by atoms with Crippen LogP contribution >= 0.6 is 11.3 Å². The third-order valence-electron chi connectivity index (χ3n) is 2.97. The van der Waals surface area contributed by atoms with E-state index in [2.05, 4.69) is 4.98 Å². The van der Waals surface area contributed by atoms with Crippen LogP contribution in [-0.4, -0.2) is 34.4 Å². The lowest BCUT2D eigenvalue weighted by molar-refractivity contribution is -0.135. The molecule has 1 amide bonds. The highest BCUT2D eigenvalue weighted by molar-refractivity contribution is 7.09. The van der Waals surface area contributed by atoms with Gasteiger partial charge in [0.2, 0.25) is 5.91 Å². The largest absolute Gasteiger partial charge is 0.461 e. The molecule has 0 N–H and O–H groups in total. The summed E-state index contributed by atoms with van der Waals surface area (Å²) in [5.74, 6) is -0.308. The van der Waals surface area contributed by atoms with Gasteiger partial charge in [0.25, 0.3) is 0 Å². The monoisotopic (exact) mass is 326 g/mol. The number of hydrogen-bond donors (Lipinski definition) is 0. The number of carbonyl (C=O) groups is 2. The fraction of sp³-hybridized carbons (Fsp3) is 0.688. The van der Waals surface area contributed by atoms with Gasteiger partial charge in [0, 0.05) is 17.8 Å². The minimum Gasteiger partial charge on any atom is -0.461 e. The van der Waals surface area contributed by atoms with Crippen LogP contribution in [0.4, 0.5) is 0 Å². The summed E-state index contributed by atoms with van der Waals surface area (Å²) in [7, 11) is 0. The van der Waals surface area contributed by atoms with E-state index in [-0.39, 0.29) is 17.4 Å². The van der Waals surface area contributed by atoms with Gasteiger partial charge < -0.3 is 9.64 Å². The van der Waals surface area contributed by atoms with E-state index in [1.54, 1.807) is 17.2 Å². The van der Waals surface area contributed by atoms with E-state index >= 15 is 0 Å². The molecule has 0 saturated heterocycles. The van der Waals surface area contributed by atoms with E-state index in [0.717, 1.165) is 5.01 Å². The molecule has 6 heteroatoms. The van der Waals surface area contributed by atoms with Crippen LogP contribution in [0.25, 0.3) is 0 Å². The average Bonchev–Trinajstić information content (AvgIpc) is 2.82. The number of amides is 1. The van der Waals surface area contributed by atoms with Gasteiger partial charge in [-0.2, -0.15) is 0 Å². The van der Waals surface area contributed by atoms with E-state index in [9.17, 15) is 9.59 Å². The molecule has 0 spiro atoms. The number of ether oxygens (including phenoxy) is 1. The smallest absolute Gasteiger partial charge is 0.357 e. The van der Waals surface area contributed by atoms with Gasteiger partial charge >= 0.3 is 5.97 Å². The van der Waals surface area contributed by atoms with Crippen LogP contribution in [-0.2, 0) is 16.1 Å². The number of nitrogens with zero attached hydrogens (tertiary/aromatic N) is 2. The topological polar surface area (TPSA) is 59.5 Å². The molecule has 0 aliphatic carbocycles. The zero-order valence-corrected chi connectivity index (χ0v) is 15.1. The first-order chi connectivity index (χ1) is 10.1. The van der Waals surface area contributed by atoms with Crippen molar-refractivity contribution < 1.29 is 14.3 Å². The molecule has 0 atom stereocenters. The van der Waals surface area contributed by atoms with E-state index < -0.39 is 5.97 Å². The predicted molar refractivity (Wildman–Crippen MR) is 87.8 cm³/mol. The number of thiazole rings is 1. The highest BCUT2D eigenvalue weighted by atomic mass is 32.1. The van der Waals surface area contributed by atoms with Crippen LogP contribution in [0, 0.1) is 5.41 Å². The summed E-state index contributed by atoms with van der Waals surface area (Å²) in [4.78, 5) is 30.2. The van der Waals surface area contributed by atoms with Crippen molar-refractivity contribution in [3.8, 4) is 0 Å². The Balaban J connectivity index is 2.80. The number of aromatic nitrogens is 1. The Morgan fingerprint density at radius 1 is 1.36 bits per heavy atom. The maximum Gasteiger partial charge on any atom is 0.357 e. The molecule has 0 fully saturated rings. The molecule has 5 nitrogen and oxygen atoms in total. The van der Waals surface area contributed by atoms with Crippen molar-refractivity contribution in [2.75, 3.05) is 6.61 Å². The maximum atomic E-state index is 12.5. The highest BCUT2D eigenvalue weighted by Gasteiger charge is 2.24. The van der Waals surface area contributed by atoms with Crippen LogP contribution in [0.5, 0.6) is 0 Å². The summed E-state index contributed by atoms with van der Waals surface area (Å²) in [6.45, 7) is 12.6. The van der Waals surface area contributed by atoms with Crippen molar-refractivity contribution in [1.82, 2.24) is 9.88 Å². The van der Waals surface area contributed by atoms with Gasteiger partial charge in [-0.15, -0.1) is 11.3 Å². The summed E-state index contributed by atoms with van der Waals surface area (Å²) in [5.41, 5.74) is 0.261. The van der Waals surface area contributed by atoms with Crippen LogP contribution < -0.4 is 0 Å². The van der Waals surface area contributed by atoms with Crippen LogP contribution in [0.15, 0.2) is 5.38 Å². The fourth-order valence-electron chi connectivity index (χ4n) is 1.94. The first-order valence-corrected chi connectivity index (χ1v) is 8.43. The van der Waals surface area contributed by atoms with Gasteiger partial charge in [-0.05, 0) is 26.2 Å². The Labute approximate surface area is 136 Å². The molecule has 1 rings (SSSR count). The fourth-order valence-corrected chi connectivity index (χ4v) is 2.70. The first kappa shape index (κ1) is 18.6. The van der Waals surface area contributed by atoms with Gasteiger partial charge in [-0.3, -0.25) is 4.79 Å². The summed E-state index contributed by atoms with van der Waals surface area (Å²) in [6.07, 6.45) is 0.487. The molecule has 0 saturated carbocycles. The molecule has 0 aliphatic heterocycles. The molecule has 0 bridgehead atoms. The molecule has 0 aromatic carbocycles. The predicted octanol–water partition coefficient (Wildman–Crippen LogP) is 3.49. The molecule has 0 unspecified atom stereocenters. The lowest BCUT2D eigenvalue weighted by Crippen LogP contribution is -2.38. The third kappa shape index (κ3) is 5.75. The van der Waals surface area contributed by atoms with Crippen molar-refractivity contribution in [3.05, 3.63) is 16.1 Å². The minimum absolute atomic E-state index is 0.0524. The molecular formula is C16H26N2O3S. The van der Waals surface area contributed by atoms with Crippen LogP contribution in [0.3, 0.4) is 0 Å². The number of esters is 1.